The molecule has 8 heteroatoms. The van der Waals surface area contributed by atoms with Crippen LogP contribution in [0.2, 0.25) is 0 Å². The maximum absolute atomic E-state index is 12.6. The Kier molecular flexibility index (Phi) is 6.94. The van der Waals surface area contributed by atoms with Crippen molar-refractivity contribution < 1.29 is 19.1 Å². The van der Waals surface area contributed by atoms with Gasteiger partial charge in [0.05, 0.1) is 6.61 Å². The minimum Gasteiger partial charge on any atom is -0.450 e. The first-order chi connectivity index (χ1) is 12.4. The highest BCUT2D eigenvalue weighted by Crippen LogP contribution is 2.10. The Morgan fingerprint density at radius 1 is 1.19 bits per heavy atom. The molecule has 0 saturated carbocycles. The number of aromatic nitrogens is 1. The predicted molar refractivity (Wildman–Crippen MR) is 95.9 cm³/mol. The third kappa shape index (κ3) is 5.18. The van der Waals surface area contributed by atoms with Gasteiger partial charge >= 0.3 is 6.09 Å². The topological polar surface area (TPSA) is 91.8 Å². The molecule has 1 N–H and O–H groups in total. The van der Waals surface area contributed by atoms with Crippen LogP contribution in [0, 0.1) is 5.92 Å². The highest BCUT2D eigenvalue weighted by molar-refractivity contribution is 5.98. The summed E-state index contributed by atoms with van der Waals surface area (Å²) >= 11 is 0. The summed E-state index contributed by atoms with van der Waals surface area (Å²) in [5, 5.41) is 2.82. The van der Waals surface area contributed by atoms with Crippen LogP contribution in [0.25, 0.3) is 0 Å². The molecule has 2 rings (SSSR count). The van der Waals surface area contributed by atoms with E-state index in [-0.39, 0.29) is 23.6 Å². The van der Waals surface area contributed by atoms with Crippen molar-refractivity contribution in [2.24, 2.45) is 5.92 Å². The maximum atomic E-state index is 12.6. The normalized spacial score (nSPS) is 14.3. The molecule has 8 nitrogen and oxygen atoms in total. The number of carbonyl (C=O) groups excluding carboxylic acids is 3. The molecule has 0 spiro atoms. The Morgan fingerprint density at radius 2 is 1.85 bits per heavy atom. The van der Waals surface area contributed by atoms with Crippen molar-refractivity contribution in [1.29, 1.82) is 0 Å². The van der Waals surface area contributed by atoms with Crippen molar-refractivity contribution in [3.63, 3.8) is 0 Å². The maximum Gasteiger partial charge on any atom is 0.409 e. The Hall–Kier alpha value is -2.64. The van der Waals surface area contributed by atoms with Crippen LogP contribution >= 0.6 is 0 Å². The molecule has 3 amide bonds. The van der Waals surface area contributed by atoms with E-state index < -0.39 is 0 Å². The third-order valence-electron chi connectivity index (χ3n) is 4.01. The second-order valence-electron chi connectivity index (χ2n) is 6.51. The molecule has 1 aromatic rings. The quantitative estimate of drug-likeness (QED) is 0.854. The van der Waals surface area contributed by atoms with Crippen molar-refractivity contribution in [2.75, 3.05) is 39.3 Å². The number of piperazine rings is 1. The number of rotatable bonds is 5. The summed E-state index contributed by atoms with van der Waals surface area (Å²) in [6.45, 7) is 8.32. The van der Waals surface area contributed by atoms with E-state index in [1.165, 1.54) is 12.3 Å². The minimum absolute atomic E-state index is 0.220. The fraction of sp³-hybridized carbons (Fsp3) is 0.556. The highest BCUT2D eigenvalue weighted by atomic mass is 16.6. The lowest BCUT2D eigenvalue weighted by Crippen LogP contribution is -2.50. The monoisotopic (exact) mass is 362 g/mol. The number of nitrogens with zero attached hydrogens (tertiary/aromatic N) is 3. The van der Waals surface area contributed by atoms with Gasteiger partial charge in [-0.25, -0.2) is 4.79 Å². The Morgan fingerprint density at radius 3 is 2.46 bits per heavy atom. The van der Waals surface area contributed by atoms with Crippen LogP contribution in [0.1, 0.15) is 41.6 Å². The molecule has 0 radical (unpaired) electrons. The van der Waals surface area contributed by atoms with Crippen molar-refractivity contribution in [3.8, 4) is 0 Å². The van der Waals surface area contributed by atoms with E-state index in [1.807, 2.05) is 13.8 Å². The predicted octanol–water partition coefficient (Wildman–Crippen LogP) is 1.38. The van der Waals surface area contributed by atoms with E-state index in [0.717, 1.165) is 0 Å². The number of amides is 3. The molecule has 0 aromatic carbocycles. The summed E-state index contributed by atoms with van der Waals surface area (Å²) < 4.78 is 4.97. The van der Waals surface area contributed by atoms with Gasteiger partial charge in [0.15, 0.2) is 0 Å². The molecule has 1 aromatic heterocycles. The molecule has 1 aliphatic rings. The third-order valence-corrected chi connectivity index (χ3v) is 4.01. The highest BCUT2D eigenvalue weighted by Gasteiger charge is 2.26. The molecule has 26 heavy (non-hydrogen) atoms. The number of carbonyl (C=O) groups is 3. The van der Waals surface area contributed by atoms with Gasteiger partial charge in [0.1, 0.15) is 5.69 Å². The molecular formula is C18H26N4O4. The SMILES string of the molecule is CCOC(=O)N1CCN(C(=O)c2cc(C(=O)NCC(C)C)ccn2)CC1. The average Bonchev–Trinajstić information content (AvgIpc) is 2.66. The fourth-order valence-corrected chi connectivity index (χ4v) is 2.56. The largest absolute Gasteiger partial charge is 0.450 e. The van der Waals surface area contributed by atoms with Crippen LogP contribution in [0.5, 0.6) is 0 Å². The lowest BCUT2D eigenvalue weighted by Gasteiger charge is -2.33. The lowest BCUT2D eigenvalue weighted by atomic mass is 10.1. The molecule has 142 valence electrons. The molecule has 1 saturated heterocycles. The zero-order valence-electron chi connectivity index (χ0n) is 15.5. The van der Waals surface area contributed by atoms with Crippen LogP contribution < -0.4 is 5.32 Å². The summed E-state index contributed by atoms with van der Waals surface area (Å²) in [6, 6.07) is 3.10. The Bertz CT molecular complexity index is 654. The van der Waals surface area contributed by atoms with Gasteiger partial charge in [-0.3, -0.25) is 14.6 Å². The van der Waals surface area contributed by atoms with E-state index in [9.17, 15) is 14.4 Å². The standard InChI is InChI=1S/C18H26N4O4/c1-4-26-18(25)22-9-7-21(8-10-22)17(24)15-11-14(5-6-19-15)16(23)20-12-13(2)3/h5-6,11,13H,4,7-10,12H2,1-3H3,(H,20,23). The Labute approximate surface area is 153 Å². The van der Waals surface area contributed by atoms with E-state index >= 15 is 0 Å². The molecule has 0 atom stereocenters. The van der Waals surface area contributed by atoms with Crippen molar-refractivity contribution in [1.82, 2.24) is 20.1 Å². The second-order valence-corrected chi connectivity index (χ2v) is 6.51. The fourth-order valence-electron chi connectivity index (χ4n) is 2.56. The van der Waals surface area contributed by atoms with Gasteiger partial charge in [-0.2, -0.15) is 0 Å². The van der Waals surface area contributed by atoms with Gasteiger partial charge in [-0.15, -0.1) is 0 Å². The van der Waals surface area contributed by atoms with Crippen LogP contribution in [-0.4, -0.2) is 72.0 Å². The average molecular weight is 362 g/mol. The number of hydrogen-bond acceptors (Lipinski definition) is 5. The molecule has 1 aliphatic heterocycles. The minimum atomic E-state index is -0.360. The van der Waals surface area contributed by atoms with Crippen LogP contribution in [-0.2, 0) is 4.74 Å². The van der Waals surface area contributed by atoms with Crippen molar-refractivity contribution in [2.45, 2.75) is 20.8 Å². The number of ether oxygens (including phenoxy) is 1. The summed E-state index contributed by atoms with van der Waals surface area (Å²) in [6.07, 6.45) is 1.10. The molecule has 0 bridgehead atoms. The number of nitrogens with one attached hydrogen (secondary N) is 1. The first-order valence-electron chi connectivity index (χ1n) is 8.87. The van der Waals surface area contributed by atoms with Gasteiger partial charge in [0.2, 0.25) is 0 Å². The van der Waals surface area contributed by atoms with E-state index in [2.05, 4.69) is 10.3 Å². The van der Waals surface area contributed by atoms with E-state index in [1.54, 1.807) is 22.8 Å². The summed E-state index contributed by atoms with van der Waals surface area (Å²) in [5.41, 5.74) is 0.640. The van der Waals surface area contributed by atoms with E-state index in [4.69, 9.17) is 4.74 Å². The lowest BCUT2D eigenvalue weighted by molar-refractivity contribution is 0.0566. The van der Waals surface area contributed by atoms with Crippen molar-refractivity contribution in [3.05, 3.63) is 29.6 Å². The summed E-state index contributed by atoms with van der Waals surface area (Å²) in [7, 11) is 0. The van der Waals surface area contributed by atoms with Gasteiger partial charge in [0.25, 0.3) is 11.8 Å². The van der Waals surface area contributed by atoms with Crippen LogP contribution in [0.4, 0.5) is 4.79 Å². The first kappa shape index (κ1) is 19.7. The molecule has 1 fully saturated rings. The molecule has 2 heterocycles. The molecular weight excluding hydrogens is 336 g/mol. The van der Waals surface area contributed by atoms with Crippen LogP contribution in [0.3, 0.4) is 0 Å². The molecule has 0 unspecified atom stereocenters. The zero-order valence-corrected chi connectivity index (χ0v) is 15.5. The number of pyridine rings is 1. The Balaban J connectivity index is 1.97. The van der Waals surface area contributed by atoms with Gasteiger partial charge in [0, 0.05) is 44.5 Å². The van der Waals surface area contributed by atoms with Gasteiger partial charge in [-0.05, 0) is 25.0 Å². The summed E-state index contributed by atoms with van der Waals surface area (Å²) in [5.74, 6) is -0.119. The van der Waals surface area contributed by atoms with Crippen molar-refractivity contribution >= 4 is 17.9 Å². The summed E-state index contributed by atoms with van der Waals surface area (Å²) in [4.78, 5) is 43.8. The smallest absolute Gasteiger partial charge is 0.409 e. The van der Waals surface area contributed by atoms with Gasteiger partial charge < -0.3 is 19.9 Å². The zero-order chi connectivity index (χ0) is 19.1. The second kappa shape index (κ2) is 9.17. The van der Waals surface area contributed by atoms with Crippen LogP contribution in [0.15, 0.2) is 18.3 Å². The van der Waals surface area contributed by atoms with E-state index in [0.29, 0.717) is 50.8 Å². The number of hydrogen-bond donors (Lipinski definition) is 1. The first-order valence-corrected chi connectivity index (χ1v) is 8.87. The van der Waals surface area contributed by atoms with Gasteiger partial charge in [-0.1, -0.05) is 13.8 Å². The molecule has 0 aliphatic carbocycles.